The summed E-state index contributed by atoms with van der Waals surface area (Å²) < 4.78 is 10.9. The zero-order valence-electron chi connectivity index (χ0n) is 10.3. The van der Waals surface area contributed by atoms with Crippen LogP contribution in [0.15, 0.2) is 12.1 Å². The zero-order valence-corrected chi connectivity index (χ0v) is 11.8. The minimum absolute atomic E-state index is 0.146. The molecule has 1 heterocycles. The van der Waals surface area contributed by atoms with Gasteiger partial charge in [-0.25, -0.2) is 0 Å². The van der Waals surface area contributed by atoms with Crippen LogP contribution in [-0.2, 0) is 9.53 Å². The lowest BCUT2D eigenvalue weighted by Crippen LogP contribution is -2.38. The van der Waals surface area contributed by atoms with Crippen LogP contribution in [0, 0.1) is 0 Å². The van der Waals surface area contributed by atoms with Crippen molar-refractivity contribution in [2.24, 2.45) is 0 Å². The molecule has 4 nitrogen and oxygen atoms in total. The fraction of sp³-hybridized carbons (Fsp3) is 0.462. The highest BCUT2D eigenvalue weighted by Gasteiger charge is 2.13. The van der Waals surface area contributed by atoms with Crippen molar-refractivity contribution in [1.29, 1.82) is 0 Å². The van der Waals surface area contributed by atoms with Crippen LogP contribution < -0.4 is 4.74 Å². The van der Waals surface area contributed by atoms with Crippen molar-refractivity contribution in [3.8, 4) is 5.75 Å². The Hall–Kier alpha value is -0.810. The fourth-order valence-corrected chi connectivity index (χ4v) is 2.35. The maximum absolute atomic E-state index is 10.7. The molecule has 19 heavy (non-hydrogen) atoms. The number of benzene rings is 1. The Balaban J connectivity index is 1.90. The maximum atomic E-state index is 10.7. The monoisotopic (exact) mass is 302 g/mol. The van der Waals surface area contributed by atoms with Crippen molar-refractivity contribution in [2.45, 2.75) is 0 Å². The van der Waals surface area contributed by atoms with E-state index in [1.165, 1.54) is 0 Å². The number of nitrogens with zero attached hydrogens (tertiary/aromatic N) is 1. The van der Waals surface area contributed by atoms with Crippen LogP contribution in [0.4, 0.5) is 0 Å². The van der Waals surface area contributed by atoms with E-state index in [1.54, 1.807) is 18.4 Å². The molecule has 0 bridgehead atoms. The van der Waals surface area contributed by atoms with Crippen LogP contribution in [0.25, 0.3) is 0 Å². The molecular formula is C13H14Cl2NO3. The molecule has 1 radical (unpaired) electrons. The van der Waals surface area contributed by atoms with E-state index in [2.05, 4.69) is 4.90 Å². The topological polar surface area (TPSA) is 38.8 Å². The number of halogens is 2. The van der Waals surface area contributed by atoms with Gasteiger partial charge in [-0.15, -0.1) is 0 Å². The first-order chi connectivity index (χ1) is 9.22. The lowest BCUT2D eigenvalue weighted by atomic mass is 10.2. The lowest BCUT2D eigenvalue weighted by molar-refractivity contribution is 0.0322. The third kappa shape index (κ3) is 3.83. The molecule has 0 saturated carbocycles. The van der Waals surface area contributed by atoms with Crippen LogP contribution in [-0.4, -0.2) is 50.6 Å². The molecule has 0 aliphatic carbocycles. The number of hydrogen-bond donors (Lipinski definition) is 0. The summed E-state index contributed by atoms with van der Waals surface area (Å²) in [5.41, 5.74) is 0.146. The summed E-state index contributed by atoms with van der Waals surface area (Å²) in [5, 5.41) is 0.491. The maximum Gasteiger partial charge on any atom is 0.236 e. The number of hydrogen-bond acceptors (Lipinski definition) is 4. The average molecular weight is 303 g/mol. The van der Waals surface area contributed by atoms with Crippen molar-refractivity contribution < 1.29 is 14.3 Å². The molecule has 1 aromatic carbocycles. The van der Waals surface area contributed by atoms with E-state index < -0.39 is 0 Å². The van der Waals surface area contributed by atoms with Crippen molar-refractivity contribution >= 4 is 29.5 Å². The summed E-state index contributed by atoms with van der Waals surface area (Å²) in [6.45, 7) is 4.62. The van der Waals surface area contributed by atoms with Crippen molar-refractivity contribution in [1.82, 2.24) is 4.90 Å². The molecular weight excluding hydrogens is 289 g/mol. The molecule has 0 unspecified atom stereocenters. The van der Waals surface area contributed by atoms with Crippen molar-refractivity contribution in [2.75, 3.05) is 39.5 Å². The minimum atomic E-state index is 0.146. The smallest absolute Gasteiger partial charge is 0.236 e. The van der Waals surface area contributed by atoms with E-state index in [0.717, 1.165) is 32.8 Å². The van der Waals surface area contributed by atoms with Gasteiger partial charge in [0.1, 0.15) is 12.4 Å². The molecule has 2 rings (SSSR count). The predicted octanol–water partition coefficient (Wildman–Crippen LogP) is 2.16. The van der Waals surface area contributed by atoms with Gasteiger partial charge in [0.2, 0.25) is 6.29 Å². The first kappa shape index (κ1) is 14.6. The molecule has 1 aliphatic heterocycles. The number of ether oxygens (including phenoxy) is 2. The van der Waals surface area contributed by atoms with Gasteiger partial charge in [0, 0.05) is 19.6 Å². The molecule has 0 aromatic heterocycles. The van der Waals surface area contributed by atoms with E-state index >= 15 is 0 Å². The second-order valence-corrected chi connectivity index (χ2v) is 4.92. The Kier molecular flexibility index (Phi) is 5.45. The second-order valence-electron chi connectivity index (χ2n) is 4.14. The van der Waals surface area contributed by atoms with E-state index in [0.29, 0.717) is 12.4 Å². The Morgan fingerprint density at radius 2 is 2.05 bits per heavy atom. The van der Waals surface area contributed by atoms with Gasteiger partial charge < -0.3 is 9.47 Å². The van der Waals surface area contributed by atoms with Crippen molar-refractivity contribution in [3.05, 3.63) is 27.7 Å². The summed E-state index contributed by atoms with van der Waals surface area (Å²) in [6.07, 6.45) is 1.72. The van der Waals surface area contributed by atoms with Gasteiger partial charge in [-0.2, -0.15) is 0 Å². The van der Waals surface area contributed by atoms with E-state index in [9.17, 15) is 4.79 Å². The molecule has 1 saturated heterocycles. The van der Waals surface area contributed by atoms with Gasteiger partial charge in [-0.1, -0.05) is 23.2 Å². The third-order valence-corrected chi connectivity index (χ3v) is 3.62. The van der Waals surface area contributed by atoms with Crippen LogP contribution in [0.3, 0.4) is 0 Å². The second kappa shape index (κ2) is 7.10. The minimum Gasteiger partial charge on any atom is -0.491 e. The van der Waals surface area contributed by atoms with E-state index in [-0.39, 0.29) is 15.6 Å². The van der Waals surface area contributed by atoms with Crippen LogP contribution in [0.1, 0.15) is 5.56 Å². The summed E-state index contributed by atoms with van der Waals surface area (Å²) >= 11 is 11.9. The highest BCUT2D eigenvalue weighted by atomic mass is 35.5. The number of carbonyl (C=O) groups excluding carboxylic acids is 1. The standard InChI is InChI=1S/C13H14Cl2NO3/c14-11-1-2-12(13(15)10(11)9-17)19-8-5-16-3-6-18-7-4-16/h1-2H,3-8H2. The molecule has 0 N–H and O–H groups in total. The summed E-state index contributed by atoms with van der Waals surface area (Å²) in [7, 11) is 0. The summed E-state index contributed by atoms with van der Waals surface area (Å²) in [4.78, 5) is 13.0. The highest BCUT2D eigenvalue weighted by molar-refractivity contribution is 6.39. The Morgan fingerprint density at radius 1 is 1.32 bits per heavy atom. The quantitative estimate of drug-likeness (QED) is 0.835. The first-order valence-corrected chi connectivity index (χ1v) is 6.77. The van der Waals surface area contributed by atoms with Gasteiger partial charge in [-0.3, -0.25) is 9.69 Å². The third-order valence-electron chi connectivity index (χ3n) is 2.93. The van der Waals surface area contributed by atoms with Gasteiger partial charge in [0.25, 0.3) is 0 Å². The predicted molar refractivity (Wildman–Crippen MR) is 74.0 cm³/mol. The van der Waals surface area contributed by atoms with Crippen molar-refractivity contribution in [3.63, 3.8) is 0 Å². The molecule has 1 aromatic rings. The lowest BCUT2D eigenvalue weighted by Gasteiger charge is -2.26. The van der Waals surface area contributed by atoms with Crippen LogP contribution in [0.5, 0.6) is 5.75 Å². The highest BCUT2D eigenvalue weighted by Crippen LogP contribution is 2.32. The fourth-order valence-electron chi connectivity index (χ4n) is 1.85. The molecule has 0 atom stereocenters. The van der Waals surface area contributed by atoms with E-state index in [4.69, 9.17) is 32.7 Å². The van der Waals surface area contributed by atoms with Gasteiger partial charge in [-0.05, 0) is 12.1 Å². The van der Waals surface area contributed by atoms with Crippen LogP contribution in [0.2, 0.25) is 10.0 Å². The molecule has 0 spiro atoms. The van der Waals surface area contributed by atoms with Gasteiger partial charge in [0.05, 0.1) is 28.8 Å². The van der Waals surface area contributed by atoms with Gasteiger partial charge in [0.15, 0.2) is 0 Å². The SMILES string of the molecule is O=[C]c1c(Cl)ccc(OCCN2CCOCC2)c1Cl. The normalized spacial score (nSPS) is 16.3. The van der Waals surface area contributed by atoms with E-state index in [1.807, 2.05) is 0 Å². The summed E-state index contributed by atoms with van der Waals surface area (Å²) in [6, 6.07) is 3.24. The molecule has 1 fully saturated rings. The molecule has 6 heteroatoms. The molecule has 0 amide bonds. The number of morpholine rings is 1. The molecule has 103 valence electrons. The largest absolute Gasteiger partial charge is 0.491 e. The Bertz CT molecular complexity index is 448. The average Bonchev–Trinajstić information content (AvgIpc) is 2.43. The zero-order chi connectivity index (χ0) is 13.7. The Morgan fingerprint density at radius 3 is 2.74 bits per heavy atom. The number of rotatable bonds is 5. The molecule has 1 aliphatic rings. The summed E-state index contributed by atoms with van der Waals surface area (Å²) in [5.74, 6) is 0.456. The first-order valence-electron chi connectivity index (χ1n) is 6.01. The Labute approximate surface area is 122 Å². The van der Waals surface area contributed by atoms with Crippen LogP contribution >= 0.6 is 23.2 Å². The van der Waals surface area contributed by atoms with Gasteiger partial charge >= 0.3 is 0 Å².